The van der Waals surface area contributed by atoms with Crippen molar-refractivity contribution in [2.24, 2.45) is 0 Å². The van der Waals surface area contributed by atoms with Crippen molar-refractivity contribution in [3.63, 3.8) is 0 Å². The third-order valence-corrected chi connectivity index (χ3v) is 4.12. The predicted octanol–water partition coefficient (Wildman–Crippen LogP) is -0.787. The molecule has 2 aromatic rings. The van der Waals surface area contributed by atoms with Crippen LogP contribution in [0.5, 0.6) is 0 Å². The minimum absolute atomic E-state index is 0.0168. The van der Waals surface area contributed by atoms with E-state index >= 15 is 0 Å². The van der Waals surface area contributed by atoms with Crippen LogP contribution in [0.4, 0.5) is 5.95 Å². The maximum Gasteiger partial charge on any atom is 0.280 e. The molecule has 1 saturated heterocycles. The number of aromatic nitrogens is 4. The van der Waals surface area contributed by atoms with Crippen molar-refractivity contribution in [1.29, 1.82) is 0 Å². The number of hydrogen-bond acceptors (Lipinski definition) is 8. The van der Waals surface area contributed by atoms with Gasteiger partial charge in [-0.2, -0.15) is 17.6 Å². The summed E-state index contributed by atoms with van der Waals surface area (Å²) in [7, 11) is 1.48. The number of ether oxygens (including phenoxy) is 2. The Hall–Kier alpha value is -1.62. The van der Waals surface area contributed by atoms with Gasteiger partial charge in [0.2, 0.25) is 5.95 Å². The summed E-state index contributed by atoms with van der Waals surface area (Å²) in [5.41, 5.74) is 5.63. The van der Waals surface area contributed by atoms with Gasteiger partial charge in [-0.3, -0.25) is 14.3 Å². The van der Waals surface area contributed by atoms with Crippen LogP contribution in [-0.4, -0.2) is 55.8 Å². The second kappa shape index (κ2) is 5.54. The number of aliphatic hydroxyl groups is 1. The Morgan fingerprint density at radius 2 is 2.27 bits per heavy atom. The summed E-state index contributed by atoms with van der Waals surface area (Å²) < 4.78 is 12.8. The molecular formula is C12H17N5O4S. The summed E-state index contributed by atoms with van der Waals surface area (Å²) >= 11 is 4.17. The highest BCUT2D eigenvalue weighted by molar-refractivity contribution is 7.80. The zero-order valence-electron chi connectivity index (χ0n) is 12.1. The van der Waals surface area contributed by atoms with Crippen LogP contribution in [0.15, 0.2) is 4.79 Å². The highest BCUT2D eigenvalue weighted by atomic mass is 32.1. The normalized spacial score (nSPS) is 28.5. The molecule has 2 aromatic heterocycles. The summed E-state index contributed by atoms with van der Waals surface area (Å²) in [5, 5.41) is 10.2. The number of thiol groups is 1. The second-order valence-corrected chi connectivity index (χ2v) is 5.46. The second-order valence-electron chi connectivity index (χ2n) is 5.09. The van der Waals surface area contributed by atoms with E-state index in [0.717, 1.165) is 0 Å². The molecule has 0 spiro atoms. The summed E-state index contributed by atoms with van der Waals surface area (Å²) in [5.74, 6) is 0.828. The van der Waals surface area contributed by atoms with E-state index in [1.54, 1.807) is 11.5 Å². The largest absolute Gasteiger partial charge is 0.387 e. The van der Waals surface area contributed by atoms with Crippen LogP contribution in [0.1, 0.15) is 12.1 Å². The summed E-state index contributed by atoms with van der Waals surface area (Å²) in [6.07, 6.45) is -2.63. The lowest BCUT2D eigenvalue weighted by Gasteiger charge is -2.21. The number of anilines is 1. The average Bonchev–Trinajstić information content (AvgIpc) is 2.95. The quantitative estimate of drug-likeness (QED) is 0.544. The molecular weight excluding hydrogens is 310 g/mol. The molecule has 1 aliphatic rings. The third-order valence-electron chi connectivity index (χ3n) is 3.76. The minimum Gasteiger partial charge on any atom is -0.387 e. The molecule has 0 aliphatic carbocycles. The van der Waals surface area contributed by atoms with Gasteiger partial charge in [-0.15, -0.1) is 0 Å². The first-order valence-electron chi connectivity index (χ1n) is 6.69. The number of aryl methyl sites for hydroxylation is 1. The van der Waals surface area contributed by atoms with Gasteiger partial charge in [0.25, 0.3) is 5.56 Å². The topological polar surface area (TPSA) is 128 Å². The molecule has 3 heterocycles. The Kier molecular flexibility index (Phi) is 3.85. The standard InChI is InChI=1S/C12H17N5O4S/c1-4-14-6-9(15-12(13)16-10(6)19)17(4)11-8(20-2)7(18)5(3-22)21-11/h5,7-8,11,18,22H,3H2,1-2H3,(H3,13,15,16,19)/t5-,7-,8-,11-/m1/s1. The van der Waals surface area contributed by atoms with E-state index in [1.165, 1.54) is 7.11 Å². The van der Waals surface area contributed by atoms with Crippen LogP contribution in [0, 0.1) is 6.92 Å². The molecule has 10 heteroatoms. The van der Waals surface area contributed by atoms with E-state index in [1.807, 2.05) is 0 Å². The van der Waals surface area contributed by atoms with Gasteiger partial charge < -0.3 is 20.3 Å². The van der Waals surface area contributed by atoms with E-state index in [9.17, 15) is 9.90 Å². The number of nitrogens with two attached hydrogens (primary N) is 1. The third kappa shape index (κ3) is 2.19. The Bertz CT molecular complexity index is 760. The van der Waals surface area contributed by atoms with Crippen molar-refractivity contribution in [3.8, 4) is 0 Å². The zero-order chi connectivity index (χ0) is 16.0. The van der Waals surface area contributed by atoms with Gasteiger partial charge >= 0.3 is 0 Å². The number of methoxy groups -OCH3 is 1. The summed E-state index contributed by atoms with van der Waals surface area (Å²) in [6, 6.07) is 0. The molecule has 4 N–H and O–H groups in total. The van der Waals surface area contributed by atoms with Crippen LogP contribution in [-0.2, 0) is 9.47 Å². The Morgan fingerprint density at radius 3 is 2.91 bits per heavy atom. The molecule has 3 rings (SSSR count). The number of H-pyrrole nitrogens is 1. The van der Waals surface area contributed by atoms with Crippen molar-refractivity contribution < 1.29 is 14.6 Å². The summed E-state index contributed by atoms with van der Waals surface area (Å²) in [4.78, 5) is 22.7. The van der Waals surface area contributed by atoms with E-state index in [2.05, 4.69) is 27.6 Å². The monoisotopic (exact) mass is 327 g/mol. The molecule has 0 amide bonds. The molecule has 4 atom stereocenters. The average molecular weight is 327 g/mol. The number of imidazole rings is 1. The first-order valence-corrected chi connectivity index (χ1v) is 7.32. The lowest BCUT2D eigenvalue weighted by atomic mass is 10.1. The van der Waals surface area contributed by atoms with Crippen LogP contribution in [0.25, 0.3) is 11.2 Å². The van der Waals surface area contributed by atoms with Crippen LogP contribution in [0.3, 0.4) is 0 Å². The molecule has 9 nitrogen and oxygen atoms in total. The molecule has 0 saturated carbocycles. The molecule has 0 aromatic carbocycles. The molecule has 22 heavy (non-hydrogen) atoms. The van der Waals surface area contributed by atoms with Gasteiger partial charge in [0.05, 0.1) is 6.10 Å². The van der Waals surface area contributed by atoms with E-state index in [-0.39, 0.29) is 17.1 Å². The van der Waals surface area contributed by atoms with Gasteiger partial charge in [0.15, 0.2) is 17.4 Å². The van der Waals surface area contributed by atoms with Crippen LogP contribution < -0.4 is 11.3 Å². The number of nitrogens with zero attached hydrogens (tertiary/aromatic N) is 3. The number of aromatic amines is 1. The predicted molar refractivity (Wildman–Crippen MR) is 81.9 cm³/mol. The number of fused-ring (bicyclic) bond motifs is 1. The van der Waals surface area contributed by atoms with Gasteiger partial charge in [-0.1, -0.05) is 0 Å². The zero-order valence-corrected chi connectivity index (χ0v) is 12.9. The van der Waals surface area contributed by atoms with Crippen molar-refractivity contribution >= 4 is 29.7 Å². The van der Waals surface area contributed by atoms with Crippen LogP contribution in [0.2, 0.25) is 0 Å². The maximum absolute atomic E-state index is 11.9. The van der Waals surface area contributed by atoms with Crippen molar-refractivity contribution in [2.45, 2.75) is 31.5 Å². The lowest BCUT2D eigenvalue weighted by molar-refractivity contribution is -0.0476. The van der Waals surface area contributed by atoms with Crippen molar-refractivity contribution in [2.75, 3.05) is 18.6 Å². The van der Waals surface area contributed by atoms with Gasteiger partial charge in [0, 0.05) is 12.9 Å². The highest BCUT2D eigenvalue weighted by Gasteiger charge is 2.45. The molecule has 0 radical (unpaired) electrons. The number of nitrogens with one attached hydrogen (secondary N) is 1. The SMILES string of the molecule is CO[C@@H]1[C@H](O)[C@@H](CS)O[C@H]1n1c(C)nc2c(=O)[nH]c(N)nc21. The molecule has 1 aliphatic heterocycles. The minimum atomic E-state index is -0.844. The van der Waals surface area contributed by atoms with Crippen molar-refractivity contribution in [1.82, 2.24) is 19.5 Å². The van der Waals surface area contributed by atoms with Crippen LogP contribution >= 0.6 is 12.6 Å². The number of nitrogen functional groups attached to an aromatic ring is 1. The fourth-order valence-electron chi connectivity index (χ4n) is 2.75. The number of hydrogen-bond donors (Lipinski definition) is 4. The Morgan fingerprint density at radius 1 is 1.55 bits per heavy atom. The lowest BCUT2D eigenvalue weighted by Crippen LogP contribution is -2.34. The highest BCUT2D eigenvalue weighted by Crippen LogP contribution is 2.34. The fourth-order valence-corrected chi connectivity index (χ4v) is 3.05. The Balaban J connectivity index is 2.17. The van der Waals surface area contributed by atoms with Gasteiger partial charge in [-0.05, 0) is 6.92 Å². The number of rotatable bonds is 3. The smallest absolute Gasteiger partial charge is 0.280 e. The van der Waals surface area contributed by atoms with E-state index in [4.69, 9.17) is 15.2 Å². The van der Waals surface area contributed by atoms with E-state index < -0.39 is 30.1 Å². The van der Waals surface area contributed by atoms with Crippen molar-refractivity contribution in [3.05, 3.63) is 16.2 Å². The summed E-state index contributed by atoms with van der Waals surface area (Å²) in [6.45, 7) is 1.72. The molecule has 0 unspecified atom stereocenters. The Labute approximate surface area is 130 Å². The fraction of sp³-hybridized carbons (Fsp3) is 0.583. The first-order chi connectivity index (χ1) is 10.5. The molecule has 1 fully saturated rings. The van der Waals surface area contributed by atoms with E-state index in [0.29, 0.717) is 11.6 Å². The maximum atomic E-state index is 11.9. The first kappa shape index (κ1) is 15.3. The molecule has 120 valence electrons. The van der Waals surface area contributed by atoms with Gasteiger partial charge in [-0.25, -0.2) is 4.98 Å². The molecule has 0 bridgehead atoms. The number of aliphatic hydroxyl groups excluding tert-OH is 1. The van der Waals surface area contributed by atoms with Gasteiger partial charge in [0.1, 0.15) is 18.0 Å².